The average molecular weight is 276 g/mol. The standard InChI is InChI=1S/C14H20N4O2/c1-9(2)18(8-13(15)19)14(20)12-7-16-10-5-3-4-6-11(10)17-12/h3-6,9,12,16-17H,7-8H2,1-2H3,(H2,15,19). The fourth-order valence-electron chi connectivity index (χ4n) is 2.25. The van der Waals surface area contributed by atoms with Crippen LogP contribution in [0.1, 0.15) is 13.8 Å². The smallest absolute Gasteiger partial charge is 0.247 e. The van der Waals surface area contributed by atoms with Crippen LogP contribution < -0.4 is 16.4 Å². The third-order valence-corrected chi connectivity index (χ3v) is 3.28. The monoisotopic (exact) mass is 276 g/mol. The molecule has 1 aromatic carbocycles. The second kappa shape index (κ2) is 5.81. The fraction of sp³-hybridized carbons (Fsp3) is 0.429. The Morgan fingerprint density at radius 2 is 2.00 bits per heavy atom. The van der Waals surface area contributed by atoms with Crippen LogP contribution in [0, 0.1) is 0 Å². The number of primary amides is 1. The summed E-state index contributed by atoms with van der Waals surface area (Å²) in [5.74, 6) is -0.628. The summed E-state index contributed by atoms with van der Waals surface area (Å²) < 4.78 is 0. The molecule has 0 bridgehead atoms. The van der Waals surface area contributed by atoms with Crippen LogP contribution in [0.5, 0.6) is 0 Å². The third-order valence-electron chi connectivity index (χ3n) is 3.28. The Hall–Kier alpha value is -2.24. The molecule has 20 heavy (non-hydrogen) atoms. The zero-order valence-corrected chi connectivity index (χ0v) is 11.7. The quantitative estimate of drug-likeness (QED) is 0.752. The maximum atomic E-state index is 12.5. The molecule has 1 aromatic rings. The summed E-state index contributed by atoms with van der Waals surface area (Å²) in [5, 5.41) is 6.41. The van der Waals surface area contributed by atoms with E-state index < -0.39 is 11.9 Å². The van der Waals surface area contributed by atoms with Crippen molar-refractivity contribution in [3.8, 4) is 0 Å². The Morgan fingerprint density at radius 1 is 1.35 bits per heavy atom. The average Bonchev–Trinajstić information content (AvgIpc) is 2.43. The molecule has 0 spiro atoms. The van der Waals surface area contributed by atoms with Gasteiger partial charge in [0.1, 0.15) is 6.04 Å². The van der Waals surface area contributed by atoms with Gasteiger partial charge in [0.05, 0.1) is 17.9 Å². The summed E-state index contributed by atoms with van der Waals surface area (Å²) >= 11 is 0. The molecule has 0 aromatic heterocycles. The number of carbonyl (C=O) groups excluding carboxylic acids is 2. The number of para-hydroxylation sites is 2. The van der Waals surface area contributed by atoms with E-state index in [1.807, 2.05) is 38.1 Å². The minimum Gasteiger partial charge on any atom is -0.381 e. The maximum absolute atomic E-state index is 12.5. The Bertz CT molecular complexity index is 516. The van der Waals surface area contributed by atoms with Crippen LogP contribution in [0.3, 0.4) is 0 Å². The topological polar surface area (TPSA) is 87.5 Å². The molecule has 0 fully saturated rings. The molecule has 0 radical (unpaired) electrons. The molecule has 1 aliphatic heterocycles. The number of nitrogens with one attached hydrogen (secondary N) is 2. The molecule has 2 amide bonds. The van der Waals surface area contributed by atoms with Crippen LogP contribution in [0.15, 0.2) is 24.3 Å². The van der Waals surface area contributed by atoms with E-state index in [4.69, 9.17) is 5.73 Å². The van der Waals surface area contributed by atoms with Gasteiger partial charge in [0, 0.05) is 12.6 Å². The minimum atomic E-state index is -0.504. The van der Waals surface area contributed by atoms with Crippen LogP contribution in [0.4, 0.5) is 11.4 Å². The number of hydrogen-bond donors (Lipinski definition) is 3. The number of rotatable bonds is 4. The molecular formula is C14H20N4O2. The molecule has 2 rings (SSSR count). The van der Waals surface area contributed by atoms with Gasteiger partial charge in [-0.2, -0.15) is 0 Å². The number of carbonyl (C=O) groups is 2. The van der Waals surface area contributed by atoms with Crippen molar-refractivity contribution in [2.24, 2.45) is 5.73 Å². The lowest BCUT2D eigenvalue weighted by Crippen LogP contribution is -2.52. The summed E-state index contributed by atoms with van der Waals surface area (Å²) in [5.41, 5.74) is 7.07. The van der Waals surface area contributed by atoms with E-state index in [1.54, 1.807) is 0 Å². The Kier molecular flexibility index (Phi) is 4.12. The highest BCUT2D eigenvalue weighted by Crippen LogP contribution is 2.25. The van der Waals surface area contributed by atoms with Gasteiger partial charge in [0.2, 0.25) is 11.8 Å². The summed E-state index contributed by atoms with van der Waals surface area (Å²) in [6.07, 6.45) is 0. The van der Waals surface area contributed by atoms with Gasteiger partial charge >= 0.3 is 0 Å². The number of nitrogens with zero attached hydrogens (tertiary/aromatic N) is 1. The predicted molar refractivity (Wildman–Crippen MR) is 78.4 cm³/mol. The van der Waals surface area contributed by atoms with Crippen molar-refractivity contribution in [1.29, 1.82) is 0 Å². The second-order valence-electron chi connectivity index (χ2n) is 5.15. The molecule has 1 heterocycles. The van der Waals surface area contributed by atoms with Crippen LogP contribution in [-0.2, 0) is 9.59 Å². The van der Waals surface area contributed by atoms with Gasteiger partial charge in [0.15, 0.2) is 0 Å². The molecule has 1 atom stereocenters. The highest BCUT2D eigenvalue weighted by atomic mass is 16.2. The van der Waals surface area contributed by atoms with E-state index in [9.17, 15) is 9.59 Å². The van der Waals surface area contributed by atoms with Crippen molar-refractivity contribution in [3.05, 3.63) is 24.3 Å². The third kappa shape index (κ3) is 3.01. The molecule has 1 aliphatic rings. The van der Waals surface area contributed by atoms with E-state index in [1.165, 1.54) is 4.90 Å². The maximum Gasteiger partial charge on any atom is 0.247 e. The summed E-state index contributed by atoms with van der Waals surface area (Å²) in [6, 6.07) is 7.23. The highest BCUT2D eigenvalue weighted by molar-refractivity contribution is 5.91. The fourth-order valence-corrected chi connectivity index (χ4v) is 2.25. The van der Waals surface area contributed by atoms with Gasteiger partial charge < -0.3 is 21.3 Å². The zero-order chi connectivity index (χ0) is 14.7. The van der Waals surface area contributed by atoms with E-state index in [0.717, 1.165) is 11.4 Å². The van der Waals surface area contributed by atoms with E-state index in [2.05, 4.69) is 10.6 Å². The van der Waals surface area contributed by atoms with Crippen molar-refractivity contribution in [1.82, 2.24) is 4.90 Å². The van der Waals surface area contributed by atoms with Gasteiger partial charge in [0.25, 0.3) is 0 Å². The van der Waals surface area contributed by atoms with Crippen molar-refractivity contribution < 1.29 is 9.59 Å². The van der Waals surface area contributed by atoms with Crippen LogP contribution in [0.25, 0.3) is 0 Å². The molecule has 4 N–H and O–H groups in total. The molecule has 1 unspecified atom stereocenters. The van der Waals surface area contributed by atoms with Crippen LogP contribution in [-0.4, -0.2) is 41.9 Å². The minimum absolute atomic E-state index is 0.0592. The van der Waals surface area contributed by atoms with Crippen LogP contribution >= 0.6 is 0 Å². The van der Waals surface area contributed by atoms with Gasteiger partial charge in [-0.3, -0.25) is 9.59 Å². The number of nitrogens with two attached hydrogens (primary N) is 1. The van der Waals surface area contributed by atoms with Crippen LogP contribution in [0.2, 0.25) is 0 Å². The Balaban J connectivity index is 2.11. The molecular weight excluding hydrogens is 256 g/mol. The van der Waals surface area contributed by atoms with Crippen molar-refractivity contribution in [3.63, 3.8) is 0 Å². The summed E-state index contributed by atoms with van der Waals surface area (Å²) in [4.78, 5) is 25.1. The summed E-state index contributed by atoms with van der Waals surface area (Å²) in [7, 11) is 0. The second-order valence-corrected chi connectivity index (χ2v) is 5.15. The van der Waals surface area contributed by atoms with Gasteiger partial charge in [-0.1, -0.05) is 12.1 Å². The predicted octanol–water partition coefficient (Wildman–Crippen LogP) is 0.615. The molecule has 0 saturated carbocycles. The van der Waals surface area contributed by atoms with E-state index in [0.29, 0.717) is 6.54 Å². The molecule has 108 valence electrons. The zero-order valence-electron chi connectivity index (χ0n) is 11.7. The molecule has 0 saturated heterocycles. The lowest BCUT2D eigenvalue weighted by Gasteiger charge is -2.33. The van der Waals surface area contributed by atoms with Gasteiger partial charge in [-0.25, -0.2) is 0 Å². The number of anilines is 2. The number of amides is 2. The molecule has 6 nitrogen and oxygen atoms in total. The van der Waals surface area contributed by atoms with E-state index in [-0.39, 0.29) is 18.5 Å². The SMILES string of the molecule is CC(C)N(CC(N)=O)C(=O)C1CNc2ccccc2N1. The van der Waals surface area contributed by atoms with Crippen molar-refractivity contribution in [2.75, 3.05) is 23.7 Å². The number of benzene rings is 1. The summed E-state index contributed by atoms with van der Waals surface area (Å²) in [6.45, 7) is 4.16. The molecule has 0 aliphatic carbocycles. The largest absolute Gasteiger partial charge is 0.381 e. The lowest BCUT2D eigenvalue weighted by atomic mass is 10.1. The lowest BCUT2D eigenvalue weighted by molar-refractivity contribution is -0.137. The Labute approximate surface area is 118 Å². The first-order chi connectivity index (χ1) is 9.49. The molecule has 6 heteroatoms. The first-order valence-corrected chi connectivity index (χ1v) is 6.67. The normalized spacial score (nSPS) is 16.9. The first-order valence-electron chi connectivity index (χ1n) is 6.67. The highest BCUT2D eigenvalue weighted by Gasteiger charge is 2.29. The number of hydrogen-bond acceptors (Lipinski definition) is 4. The van der Waals surface area contributed by atoms with Gasteiger partial charge in [-0.15, -0.1) is 0 Å². The first kappa shape index (κ1) is 14.2. The van der Waals surface area contributed by atoms with Crippen molar-refractivity contribution in [2.45, 2.75) is 25.9 Å². The van der Waals surface area contributed by atoms with E-state index >= 15 is 0 Å². The van der Waals surface area contributed by atoms with Gasteiger partial charge in [-0.05, 0) is 26.0 Å². The Morgan fingerprint density at radius 3 is 2.60 bits per heavy atom. The number of fused-ring (bicyclic) bond motifs is 1. The van der Waals surface area contributed by atoms with Crippen molar-refractivity contribution >= 4 is 23.2 Å².